The molecular formula is C26H30N2O4S. The Morgan fingerprint density at radius 2 is 1.45 bits per heavy atom. The van der Waals surface area contributed by atoms with Gasteiger partial charge in [-0.05, 0) is 68.7 Å². The van der Waals surface area contributed by atoms with E-state index in [1.165, 1.54) is 0 Å². The average molecular weight is 467 g/mol. The number of anilines is 1. The van der Waals surface area contributed by atoms with E-state index in [2.05, 4.69) is 5.32 Å². The summed E-state index contributed by atoms with van der Waals surface area (Å²) >= 11 is 0. The summed E-state index contributed by atoms with van der Waals surface area (Å²) in [6.07, 6.45) is 1.54. The summed E-state index contributed by atoms with van der Waals surface area (Å²) in [5.74, 6) is 0.457. The van der Waals surface area contributed by atoms with Crippen molar-refractivity contribution in [3.05, 3.63) is 89.5 Å². The van der Waals surface area contributed by atoms with Gasteiger partial charge in [-0.1, -0.05) is 47.5 Å². The molecule has 0 aliphatic rings. The minimum atomic E-state index is -3.90. The van der Waals surface area contributed by atoms with Crippen LogP contribution in [0.4, 0.5) is 5.69 Å². The number of carbonyl (C=O) groups excluding carboxylic acids is 1. The second-order valence-corrected chi connectivity index (χ2v) is 9.82. The summed E-state index contributed by atoms with van der Waals surface area (Å²) in [7, 11) is -2.27. The van der Waals surface area contributed by atoms with Gasteiger partial charge in [-0.25, -0.2) is 8.42 Å². The number of nitrogens with zero attached hydrogens (tertiary/aromatic N) is 1. The Balaban J connectivity index is 1.67. The van der Waals surface area contributed by atoms with Crippen LogP contribution in [0.2, 0.25) is 0 Å². The molecular weight excluding hydrogens is 436 g/mol. The largest absolute Gasteiger partial charge is 0.497 e. The summed E-state index contributed by atoms with van der Waals surface area (Å²) in [6, 6.07) is 21.5. The number of hydrogen-bond donors (Lipinski definition) is 1. The molecule has 3 aromatic carbocycles. The third-order valence-electron chi connectivity index (χ3n) is 5.34. The summed E-state index contributed by atoms with van der Waals surface area (Å²) in [5, 5.41) is 2.85. The van der Waals surface area contributed by atoms with E-state index in [-0.39, 0.29) is 17.3 Å². The zero-order valence-corrected chi connectivity index (χ0v) is 20.1. The van der Waals surface area contributed by atoms with Gasteiger partial charge in [0, 0.05) is 6.54 Å². The van der Waals surface area contributed by atoms with Crippen molar-refractivity contribution in [2.45, 2.75) is 31.6 Å². The number of methoxy groups -OCH3 is 1. The topological polar surface area (TPSA) is 75.7 Å². The smallest absolute Gasteiger partial charge is 0.264 e. The maximum atomic E-state index is 13.4. The van der Waals surface area contributed by atoms with Gasteiger partial charge in [0.25, 0.3) is 10.0 Å². The first-order valence-corrected chi connectivity index (χ1v) is 12.3. The van der Waals surface area contributed by atoms with E-state index < -0.39 is 10.0 Å². The Bertz CT molecular complexity index is 1160. The van der Waals surface area contributed by atoms with Gasteiger partial charge in [0.1, 0.15) is 12.3 Å². The van der Waals surface area contributed by atoms with Gasteiger partial charge in [0.15, 0.2) is 0 Å². The van der Waals surface area contributed by atoms with Crippen LogP contribution in [0.3, 0.4) is 0 Å². The standard InChI is InChI=1S/C26H30N2O4S/c1-20-6-12-23(13-7-20)28(33(30,31)25-16-8-21(2)9-17-25)19-26(29)27-18-4-5-22-10-14-24(32-3)15-11-22/h6-17H,4-5,18-19H2,1-3H3,(H,27,29). The fraction of sp³-hybridized carbons (Fsp3) is 0.269. The summed E-state index contributed by atoms with van der Waals surface area (Å²) in [5.41, 5.74) is 3.57. The quantitative estimate of drug-likeness (QED) is 0.453. The fourth-order valence-electron chi connectivity index (χ4n) is 3.36. The first kappa shape index (κ1) is 24.3. The van der Waals surface area contributed by atoms with Crippen LogP contribution >= 0.6 is 0 Å². The molecule has 0 aliphatic carbocycles. The molecule has 1 amide bonds. The van der Waals surface area contributed by atoms with Crippen LogP contribution in [0.1, 0.15) is 23.1 Å². The Hall–Kier alpha value is -3.32. The van der Waals surface area contributed by atoms with Crippen molar-refractivity contribution in [2.75, 3.05) is 24.5 Å². The van der Waals surface area contributed by atoms with Gasteiger partial charge in [-0.15, -0.1) is 0 Å². The van der Waals surface area contributed by atoms with E-state index >= 15 is 0 Å². The van der Waals surface area contributed by atoms with E-state index in [1.54, 1.807) is 43.5 Å². The highest BCUT2D eigenvalue weighted by molar-refractivity contribution is 7.92. The lowest BCUT2D eigenvalue weighted by molar-refractivity contribution is -0.119. The highest BCUT2D eigenvalue weighted by Gasteiger charge is 2.27. The number of hydrogen-bond acceptors (Lipinski definition) is 4. The average Bonchev–Trinajstić information content (AvgIpc) is 2.81. The molecule has 1 N–H and O–H groups in total. The molecule has 0 unspecified atom stereocenters. The molecule has 0 atom stereocenters. The number of ether oxygens (including phenoxy) is 1. The molecule has 0 saturated heterocycles. The normalized spacial score (nSPS) is 11.1. The van der Waals surface area contributed by atoms with Crippen molar-refractivity contribution < 1.29 is 17.9 Å². The van der Waals surface area contributed by atoms with Crippen LogP contribution in [0.15, 0.2) is 77.7 Å². The van der Waals surface area contributed by atoms with Crippen LogP contribution in [-0.2, 0) is 21.2 Å². The van der Waals surface area contributed by atoms with Crippen molar-refractivity contribution in [1.29, 1.82) is 0 Å². The number of amides is 1. The Labute approximate surface area is 196 Å². The van der Waals surface area contributed by atoms with Crippen molar-refractivity contribution in [3.63, 3.8) is 0 Å². The number of sulfonamides is 1. The third kappa shape index (κ3) is 6.58. The van der Waals surface area contributed by atoms with Crippen molar-refractivity contribution in [3.8, 4) is 5.75 Å². The van der Waals surface area contributed by atoms with E-state index in [0.717, 1.165) is 39.6 Å². The second kappa shape index (κ2) is 11.0. The monoisotopic (exact) mass is 466 g/mol. The van der Waals surface area contributed by atoms with Crippen LogP contribution in [0.25, 0.3) is 0 Å². The molecule has 33 heavy (non-hydrogen) atoms. The van der Waals surface area contributed by atoms with Crippen molar-refractivity contribution in [2.24, 2.45) is 0 Å². The molecule has 0 radical (unpaired) electrons. The van der Waals surface area contributed by atoms with Crippen LogP contribution < -0.4 is 14.4 Å². The summed E-state index contributed by atoms with van der Waals surface area (Å²) in [6.45, 7) is 3.99. The van der Waals surface area contributed by atoms with Crippen molar-refractivity contribution >= 4 is 21.6 Å². The Morgan fingerprint density at radius 3 is 2.03 bits per heavy atom. The Kier molecular flexibility index (Phi) is 8.11. The number of nitrogens with one attached hydrogen (secondary N) is 1. The maximum absolute atomic E-state index is 13.4. The number of carbonyl (C=O) groups is 1. The van der Waals surface area contributed by atoms with E-state index in [9.17, 15) is 13.2 Å². The van der Waals surface area contributed by atoms with Crippen LogP contribution in [0.5, 0.6) is 5.75 Å². The second-order valence-electron chi connectivity index (χ2n) is 7.96. The molecule has 174 valence electrons. The fourth-order valence-corrected chi connectivity index (χ4v) is 4.78. The lowest BCUT2D eigenvalue weighted by Crippen LogP contribution is -2.41. The number of rotatable bonds is 10. The zero-order chi connectivity index (χ0) is 23.8. The highest BCUT2D eigenvalue weighted by Crippen LogP contribution is 2.24. The molecule has 0 bridgehead atoms. The minimum absolute atomic E-state index is 0.154. The molecule has 3 aromatic rings. The lowest BCUT2D eigenvalue weighted by atomic mass is 10.1. The lowest BCUT2D eigenvalue weighted by Gasteiger charge is -2.24. The van der Waals surface area contributed by atoms with Gasteiger partial charge in [0.05, 0.1) is 17.7 Å². The van der Waals surface area contributed by atoms with Gasteiger partial charge >= 0.3 is 0 Å². The van der Waals surface area contributed by atoms with E-state index in [1.807, 2.05) is 50.2 Å². The minimum Gasteiger partial charge on any atom is -0.497 e. The van der Waals surface area contributed by atoms with Gasteiger partial charge in [0.2, 0.25) is 5.91 Å². The molecule has 3 rings (SSSR count). The zero-order valence-electron chi connectivity index (χ0n) is 19.2. The molecule has 7 heteroatoms. The van der Waals surface area contributed by atoms with E-state index in [4.69, 9.17) is 4.74 Å². The van der Waals surface area contributed by atoms with Gasteiger partial charge in [-0.2, -0.15) is 0 Å². The van der Waals surface area contributed by atoms with Gasteiger partial charge < -0.3 is 10.1 Å². The Morgan fingerprint density at radius 1 is 0.879 bits per heavy atom. The summed E-state index contributed by atoms with van der Waals surface area (Å²) < 4.78 is 33.1. The molecule has 0 heterocycles. The molecule has 0 aliphatic heterocycles. The first-order valence-electron chi connectivity index (χ1n) is 10.9. The molecule has 0 aromatic heterocycles. The highest BCUT2D eigenvalue weighted by atomic mass is 32.2. The van der Waals surface area contributed by atoms with E-state index in [0.29, 0.717) is 12.2 Å². The molecule has 0 spiro atoms. The van der Waals surface area contributed by atoms with Crippen LogP contribution in [0, 0.1) is 13.8 Å². The van der Waals surface area contributed by atoms with Crippen LogP contribution in [-0.4, -0.2) is 34.5 Å². The summed E-state index contributed by atoms with van der Waals surface area (Å²) in [4.78, 5) is 12.8. The molecule has 6 nitrogen and oxygen atoms in total. The molecule has 0 saturated carbocycles. The number of aryl methyl sites for hydroxylation is 3. The van der Waals surface area contributed by atoms with Crippen molar-refractivity contribution in [1.82, 2.24) is 5.32 Å². The van der Waals surface area contributed by atoms with Gasteiger partial charge in [-0.3, -0.25) is 9.10 Å². The predicted octanol–water partition coefficient (Wildman–Crippen LogP) is 4.26. The predicted molar refractivity (Wildman–Crippen MR) is 131 cm³/mol. The molecule has 0 fully saturated rings. The third-order valence-corrected chi connectivity index (χ3v) is 7.13. The maximum Gasteiger partial charge on any atom is 0.264 e. The SMILES string of the molecule is COc1ccc(CCCNC(=O)CN(c2ccc(C)cc2)S(=O)(=O)c2ccc(C)cc2)cc1. The first-order chi connectivity index (χ1) is 15.8. The number of benzene rings is 3.